The van der Waals surface area contributed by atoms with Crippen molar-refractivity contribution in [1.82, 2.24) is 19.6 Å². The van der Waals surface area contributed by atoms with E-state index in [1.807, 2.05) is 10.6 Å². The Hall–Kier alpha value is -1.69. The summed E-state index contributed by atoms with van der Waals surface area (Å²) in [7, 11) is 0. The van der Waals surface area contributed by atoms with Gasteiger partial charge in [0.25, 0.3) is 0 Å². The van der Waals surface area contributed by atoms with Crippen LogP contribution in [0.2, 0.25) is 0 Å². The van der Waals surface area contributed by atoms with Crippen molar-refractivity contribution in [3.8, 4) is 0 Å². The van der Waals surface area contributed by atoms with Gasteiger partial charge in [-0.3, -0.25) is 4.40 Å². The topological polar surface area (TPSA) is 72.3 Å². The molecule has 0 aromatic carbocycles. The summed E-state index contributed by atoms with van der Waals surface area (Å²) < 4.78 is 1.89. The minimum absolute atomic E-state index is 0.352. The fourth-order valence-corrected chi connectivity index (χ4v) is 2.58. The predicted molar refractivity (Wildman–Crippen MR) is 64.8 cm³/mol. The van der Waals surface area contributed by atoms with E-state index < -0.39 is 0 Å². The number of nitrogens with zero attached hydrogens (tertiary/aromatic N) is 5. The van der Waals surface area contributed by atoms with Crippen molar-refractivity contribution in [2.24, 2.45) is 11.7 Å². The lowest BCUT2D eigenvalue weighted by Gasteiger charge is -2.26. The number of nitrogens with two attached hydrogens (primary N) is 1. The van der Waals surface area contributed by atoms with Crippen molar-refractivity contribution < 1.29 is 0 Å². The maximum Gasteiger partial charge on any atom is 0.203 e. The molecule has 1 aliphatic heterocycles. The smallest absolute Gasteiger partial charge is 0.203 e. The molecule has 0 saturated carbocycles. The molecule has 0 amide bonds. The molecule has 2 unspecified atom stereocenters. The quantitative estimate of drug-likeness (QED) is 0.806. The molecule has 6 heteroatoms. The Labute approximate surface area is 99.5 Å². The number of fused-ring (bicyclic) bond motifs is 1. The summed E-state index contributed by atoms with van der Waals surface area (Å²) in [6.45, 7) is 3.88. The zero-order valence-electron chi connectivity index (χ0n) is 9.82. The number of hydrogen-bond acceptors (Lipinski definition) is 5. The first-order valence-corrected chi connectivity index (χ1v) is 5.92. The van der Waals surface area contributed by atoms with Gasteiger partial charge in [0.2, 0.25) is 5.65 Å². The first kappa shape index (κ1) is 10.5. The summed E-state index contributed by atoms with van der Waals surface area (Å²) in [5.74, 6) is 1.50. The second-order valence-corrected chi connectivity index (χ2v) is 4.58. The minimum Gasteiger partial charge on any atom is -0.349 e. The Morgan fingerprint density at radius 2 is 2.41 bits per heavy atom. The highest BCUT2D eigenvalue weighted by atomic mass is 15.3. The van der Waals surface area contributed by atoms with Gasteiger partial charge in [0.15, 0.2) is 5.82 Å². The lowest BCUT2D eigenvalue weighted by atomic mass is 10.0. The van der Waals surface area contributed by atoms with Gasteiger partial charge in [-0.2, -0.15) is 0 Å². The average molecular weight is 232 g/mol. The van der Waals surface area contributed by atoms with E-state index in [4.69, 9.17) is 5.73 Å². The zero-order chi connectivity index (χ0) is 11.8. The SMILES string of the molecule is CC1CCN(c2nccn3cnnc23)C1CN. The van der Waals surface area contributed by atoms with Gasteiger partial charge < -0.3 is 10.6 Å². The van der Waals surface area contributed by atoms with Crippen molar-refractivity contribution in [2.75, 3.05) is 18.0 Å². The van der Waals surface area contributed by atoms with Crippen molar-refractivity contribution in [1.29, 1.82) is 0 Å². The van der Waals surface area contributed by atoms with Crippen LogP contribution in [-0.4, -0.2) is 38.7 Å². The Morgan fingerprint density at radius 3 is 3.24 bits per heavy atom. The molecule has 90 valence electrons. The van der Waals surface area contributed by atoms with Crippen molar-refractivity contribution in [3.05, 3.63) is 18.7 Å². The highest BCUT2D eigenvalue weighted by Gasteiger charge is 2.32. The first-order valence-electron chi connectivity index (χ1n) is 5.92. The largest absolute Gasteiger partial charge is 0.349 e. The van der Waals surface area contributed by atoms with E-state index in [-0.39, 0.29) is 0 Å². The molecule has 3 rings (SSSR count). The maximum atomic E-state index is 5.86. The summed E-state index contributed by atoms with van der Waals surface area (Å²) in [6.07, 6.45) is 6.48. The lowest BCUT2D eigenvalue weighted by Crippen LogP contribution is -2.39. The molecule has 1 fully saturated rings. The molecule has 2 aromatic heterocycles. The van der Waals surface area contributed by atoms with Crippen LogP contribution >= 0.6 is 0 Å². The number of aromatic nitrogens is 4. The zero-order valence-corrected chi connectivity index (χ0v) is 9.82. The summed E-state index contributed by atoms with van der Waals surface area (Å²) in [6, 6.07) is 0.352. The first-order chi connectivity index (χ1) is 8.31. The monoisotopic (exact) mass is 232 g/mol. The van der Waals surface area contributed by atoms with Crippen LogP contribution in [0, 0.1) is 5.92 Å². The van der Waals surface area contributed by atoms with Crippen molar-refractivity contribution in [2.45, 2.75) is 19.4 Å². The van der Waals surface area contributed by atoms with E-state index in [0.717, 1.165) is 24.4 Å². The number of rotatable bonds is 2. The Morgan fingerprint density at radius 1 is 1.53 bits per heavy atom. The van der Waals surface area contributed by atoms with E-state index in [9.17, 15) is 0 Å². The molecule has 1 saturated heterocycles. The molecular formula is C11H16N6. The lowest BCUT2D eigenvalue weighted by molar-refractivity contribution is 0.517. The standard InChI is InChI=1S/C11H16N6/c1-8-2-4-17(9(8)6-12)10-11-15-14-7-16(11)5-3-13-10/h3,5,7-9H,2,4,6,12H2,1H3. The highest BCUT2D eigenvalue weighted by Crippen LogP contribution is 2.29. The van der Waals surface area contributed by atoms with Gasteiger partial charge in [0.05, 0.1) is 0 Å². The fourth-order valence-electron chi connectivity index (χ4n) is 2.58. The van der Waals surface area contributed by atoms with Crippen LogP contribution in [-0.2, 0) is 0 Å². The molecule has 3 heterocycles. The van der Waals surface area contributed by atoms with Gasteiger partial charge in [-0.25, -0.2) is 4.98 Å². The van der Waals surface area contributed by atoms with Crippen molar-refractivity contribution >= 4 is 11.5 Å². The third-order valence-electron chi connectivity index (χ3n) is 3.59. The van der Waals surface area contributed by atoms with Gasteiger partial charge in [-0.05, 0) is 12.3 Å². The fraction of sp³-hybridized carbons (Fsp3) is 0.545. The second-order valence-electron chi connectivity index (χ2n) is 4.58. The third kappa shape index (κ3) is 1.56. The Bertz CT molecular complexity index is 521. The molecule has 2 N–H and O–H groups in total. The van der Waals surface area contributed by atoms with Crippen LogP contribution in [0.1, 0.15) is 13.3 Å². The number of anilines is 1. The Kier molecular flexibility index (Phi) is 2.44. The van der Waals surface area contributed by atoms with E-state index in [1.54, 1.807) is 12.5 Å². The third-order valence-corrected chi connectivity index (χ3v) is 3.59. The molecule has 17 heavy (non-hydrogen) atoms. The molecule has 0 spiro atoms. The number of hydrogen-bond donors (Lipinski definition) is 1. The normalized spacial score (nSPS) is 24.7. The maximum absolute atomic E-state index is 5.86. The Balaban J connectivity index is 2.06. The summed E-state index contributed by atoms with van der Waals surface area (Å²) in [5, 5.41) is 8.04. The molecular weight excluding hydrogens is 216 g/mol. The highest BCUT2D eigenvalue weighted by molar-refractivity contribution is 5.64. The summed E-state index contributed by atoms with van der Waals surface area (Å²) in [4.78, 5) is 6.70. The van der Waals surface area contributed by atoms with Gasteiger partial charge in [0, 0.05) is 31.5 Å². The predicted octanol–water partition coefficient (Wildman–Crippen LogP) is 0.298. The van der Waals surface area contributed by atoms with E-state index in [1.165, 1.54) is 0 Å². The van der Waals surface area contributed by atoms with Crippen LogP contribution in [0.4, 0.5) is 5.82 Å². The molecule has 2 aromatic rings. The van der Waals surface area contributed by atoms with E-state index in [0.29, 0.717) is 18.5 Å². The van der Waals surface area contributed by atoms with Crippen LogP contribution < -0.4 is 10.6 Å². The van der Waals surface area contributed by atoms with Crippen LogP contribution in [0.3, 0.4) is 0 Å². The average Bonchev–Trinajstić information content (AvgIpc) is 2.94. The van der Waals surface area contributed by atoms with E-state index in [2.05, 4.69) is 27.0 Å². The van der Waals surface area contributed by atoms with Crippen LogP contribution in [0.25, 0.3) is 5.65 Å². The second kappa shape index (κ2) is 3.96. The molecule has 0 radical (unpaired) electrons. The van der Waals surface area contributed by atoms with E-state index >= 15 is 0 Å². The molecule has 1 aliphatic rings. The minimum atomic E-state index is 0.352. The van der Waals surface area contributed by atoms with Gasteiger partial charge in [-0.1, -0.05) is 6.92 Å². The molecule has 0 aliphatic carbocycles. The molecule has 0 bridgehead atoms. The summed E-state index contributed by atoms with van der Waals surface area (Å²) >= 11 is 0. The van der Waals surface area contributed by atoms with Gasteiger partial charge in [-0.15, -0.1) is 10.2 Å². The van der Waals surface area contributed by atoms with Gasteiger partial charge >= 0.3 is 0 Å². The van der Waals surface area contributed by atoms with Crippen molar-refractivity contribution in [3.63, 3.8) is 0 Å². The van der Waals surface area contributed by atoms with Crippen LogP contribution in [0.5, 0.6) is 0 Å². The van der Waals surface area contributed by atoms with Crippen LogP contribution in [0.15, 0.2) is 18.7 Å². The molecule has 2 atom stereocenters. The summed E-state index contributed by atoms with van der Waals surface area (Å²) in [5.41, 5.74) is 6.66. The molecule has 6 nitrogen and oxygen atoms in total. The van der Waals surface area contributed by atoms with Gasteiger partial charge in [0.1, 0.15) is 6.33 Å².